The van der Waals surface area contributed by atoms with Gasteiger partial charge in [-0.25, -0.2) is 8.78 Å². The van der Waals surface area contributed by atoms with Crippen LogP contribution in [0, 0.1) is 11.6 Å². The van der Waals surface area contributed by atoms with Gasteiger partial charge in [0, 0.05) is 24.2 Å². The fraction of sp³-hybridized carbons (Fsp3) is 0.462. The average molecular weight is 257 g/mol. The first-order valence-corrected chi connectivity index (χ1v) is 5.83. The molecule has 0 aliphatic rings. The van der Waals surface area contributed by atoms with E-state index in [4.69, 9.17) is 5.11 Å². The number of hydrogen-bond acceptors (Lipinski definition) is 2. The van der Waals surface area contributed by atoms with E-state index in [1.807, 2.05) is 11.8 Å². The van der Waals surface area contributed by atoms with E-state index >= 15 is 0 Å². The van der Waals surface area contributed by atoms with Crippen LogP contribution in [0.2, 0.25) is 0 Å². The van der Waals surface area contributed by atoms with Gasteiger partial charge in [-0.15, -0.1) is 0 Å². The second kappa shape index (κ2) is 6.44. The van der Waals surface area contributed by atoms with E-state index in [0.29, 0.717) is 12.1 Å². The summed E-state index contributed by atoms with van der Waals surface area (Å²) in [5, 5.41) is 8.74. The lowest BCUT2D eigenvalue weighted by atomic mass is 10.1. The van der Waals surface area contributed by atoms with Gasteiger partial charge in [-0.1, -0.05) is 13.0 Å². The molecule has 18 heavy (non-hydrogen) atoms. The minimum Gasteiger partial charge on any atom is -0.481 e. The van der Waals surface area contributed by atoms with Crippen molar-refractivity contribution in [3.63, 3.8) is 0 Å². The van der Waals surface area contributed by atoms with Gasteiger partial charge in [-0.2, -0.15) is 0 Å². The van der Waals surface area contributed by atoms with Crippen molar-refractivity contribution in [3.05, 3.63) is 35.4 Å². The van der Waals surface area contributed by atoms with Crippen LogP contribution >= 0.6 is 0 Å². The lowest BCUT2D eigenvalue weighted by Gasteiger charge is -2.26. The van der Waals surface area contributed by atoms with Crippen molar-refractivity contribution >= 4 is 5.97 Å². The lowest BCUT2D eigenvalue weighted by Crippen LogP contribution is -2.34. The number of carboxylic acids is 1. The Balaban J connectivity index is 2.76. The highest BCUT2D eigenvalue weighted by Crippen LogP contribution is 2.15. The predicted octanol–water partition coefficient (Wildman–Crippen LogP) is 2.65. The van der Waals surface area contributed by atoms with Crippen molar-refractivity contribution in [3.8, 4) is 0 Å². The molecule has 0 radical (unpaired) electrons. The van der Waals surface area contributed by atoms with Crippen LogP contribution in [0.25, 0.3) is 0 Å². The normalized spacial score (nSPS) is 12.7. The maximum atomic E-state index is 13.5. The molecule has 1 aromatic rings. The molecule has 3 nitrogen and oxygen atoms in total. The molecule has 0 spiro atoms. The van der Waals surface area contributed by atoms with Crippen molar-refractivity contribution in [2.45, 2.75) is 32.9 Å². The first-order valence-electron chi connectivity index (χ1n) is 5.83. The first-order chi connectivity index (χ1) is 8.43. The molecule has 0 bridgehead atoms. The Morgan fingerprint density at radius 1 is 1.44 bits per heavy atom. The predicted molar refractivity (Wildman–Crippen MR) is 64.2 cm³/mol. The molecule has 0 saturated carbocycles. The van der Waals surface area contributed by atoms with Crippen LogP contribution in [0.3, 0.4) is 0 Å². The zero-order valence-electron chi connectivity index (χ0n) is 10.5. The van der Waals surface area contributed by atoms with Crippen LogP contribution in [0.4, 0.5) is 8.78 Å². The number of rotatable bonds is 6. The Labute approximate surface area is 105 Å². The van der Waals surface area contributed by atoms with Crippen LogP contribution in [-0.4, -0.2) is 28.6 Å². The van der Waals surface area contributed by atoms with Gasteiger partial charge in [-0.05, 0) is 19.5 Å². The van der Waals surface area contributed by atoms with Gasteiger partial charge in [0.05, 0.1) is 6.42 Å². The summed E-state index contributed by atoms with van der Waals surface area (Å²) in [7, 11) is 0. The molecule has 1 atom stereocenters. The van der Waals surface area contributed by atoms with E-state index in [-0.39, 0.29) is 19.0 Å². The average Bonchev–Trinajstić information content (AvgIpc) is 2.27. The molecule has 1 N–H and O–H groups in total. The lowest BCUT2D eigenvalue weighted by molar-refractivity contribution is -0.138. The smallest absolute Gasteiger partial charge is 0.304 e. The van der Waals surface area contributed by atoms with Crippen molar-refractivity contribution in [1.82, 2.24) is 4.90 Å². The Bertz CT molecular complexity index is 423. The molecule has 0 aliphatic carbocycles. The number of carbonyl (C=O) groups is 1. The summed E-state index contributed by atoms with van der Waals surface area (Å²) in [6.07, 6.45) is -0.00332. The van der Waals surface area contributed by atoms with Crippen LogP contribution in [-0.2, 0) is 11.3 Å². The molecule has 0 fully saturated rings. The van der Waals surface area contributed by atoms with Crippen molar-refractivity contribution in [2.24, 2.45) is 0 Å². The summed E-state index contributed by atoms with van der Waals surface area (Å²) in [4.78, 5) is 12.5. The molecule has 0 aromatic heterocycles. The second-order valence-corrected chi connectivity index (χ2v) is 4.25. The zero-order chi connectivity index (χ0) is 13.7. The van der Waals surface area contributed by atoms with Gasteiger partial charge in [0.2, 0.25) is 0 Å². The Morgan fingerprint density at radius 2 is 2.11 bits per heavy atom. The molecule has 0 heterocycles. The topological polar surface area (TPSA) is 40.5 Å². The van der Waals surface area contributed by atoms with Gasteiger partial charge in [-0.3, -0.25) is 9.69 Å². The minimum atomic E-state index is -0.888. The highest BCUT2D eigenvalue weighted by atomic mass is 19.1. The fourth-order valence-electron chi connectivity index (χ4n) is 1.83. The molecule has 1 rings (SSSR count). The molecule has 1 unspecified atom stereocenters. The van der Waals surface area contributed by atoms with Gasteiger partial charge < -0.3 is 5.11 Å². The van der Waals surface area contributed by atoms with Crippen molar-refractivity contribution in [2.75, 3.05) is 6.54 Å². The molecule has 100 valence electrons. The summed E-state index contributed by atoms with van der Waals surface area (Å²) in [6.45, 7) is 4.53. The summed E-state index contributed by atoms with van der Waals surface area (Å²) in [6, 6.07) is 3.23. The Hall–Kier alpha value is -1.49. The summed E-state index contributed by atoms with van der Waals surface area (Å²) in [5.74, 6) is -2.10. The fourth-order valence-corrected chi connectivity index (χ4v) is 1.83. The van der Waals surface area contributed by atoms with Gasteiger partial charge >= 0.3 is 5.97 Å². The number of carboxylic acid groups (broad SMARTS) is 1. The maximum absolute atomic E-state index is 13.5. The van der Waals surface area contributed by atoms with Gasteiger partial charge in [0.1, 0.15) is 11.6 Å². The molecule has 0 amide bonds. The van der Waals surface area contributed by atoms with Crippen LogP contribution in [0.5, 0.6) is 0 Å². The van der Waals surface area contributed by atoms with Crippen LogP contribution in [0.15, 0.2) is 18.2 Å². The molecule has 0 saturated heterocycles. The quantitative estimate of drug-likeness (QED) is 0.851. The van der Waals surface area contributed by atoms with E-state index in [9.17, 15) is 13.6 Å². The standard InChI is InChI=1S/C13H17F2NO2/c1-3-16(9(2)6-13(17)18)8-10-4-5-11(14)7-12(10)15/h4-5,7,9H,3,6,8H2,1-2H3,(H,17,18). The number of benzene rings is 1. The molecular formula is C13H17F2NO2. The molecule has 0 aliphatic heterocycles. The van der Waals surface area contributed by atoms with E-state index in [1.165, 1.54) is 12.1 Å². The Morgan fingerprint density at radius 3 is 2.61 bits per heavy atom. The Kier molecular flexibility index (Phi) is 5.22. The number of nitrogens with zero attached hydrogens (tertiary/aromatic N) is 1. The van der Waals surface area contributed by atoms with E-state index in [2.05, 4.69) is 0 Å². The minimum absolute atomic E-state index is 0.00332. The van der Waals surface area contributed by atoms with Gasteiger partial charge in [0.15, 0.2) is 0 Å². The monoisotopic (exact) mass is 257 g/mol. The van der Waals surface area contributed by atoms with Crippen molar-refractivity contribution in [1.29, 1.82) is 0 Å². The largest absolute Gasteiger partial charge is 0.481 e. The third kappa shape index (κ3) is 4.07. The number of halogens is 2. The highest BCUT2D eigenvalue weighted by molar-refractivity contribution is 5.67. The van der Waals surface area contributed by atoms with E-state index < -0.39 is 17.6 Å². The van der Waals surface area contributed by atoms with Crippen molar-refractivity contribution < 1.29 is 18.7 Å². The molecular weight excluding hydrogens is 240 g/mol. The SMILES string of the molecule is CCN(Cc1ccc(F)cc1F)C(C)CC(=O)O. The highest BCUT2D eigenvalue weighted by Gasteiger charge is 2.17. The second-order valence-electron chi connectivity index (χ2n) is 4.25. The summed E-state index contributed by atoms with van der Waals surface area (Å²) in [5.41, 5.74) is 0.371. The third-order valence-electron chi connectivity index (χ3n) is 2.89. The molecule has 5 heteroatoms. The van der Waals surface area contributed by atoms with E-state index in [1.54, 1.807) is 6.92 Å². The first kappa shape index (κ1) is 14.6. The summed E-state index contributed by atoms with van der Waals surface area (Å²) < 4.78 is 26.3. The van der Waals surface area contributed by atoms with Crippen LogP contribution in [0.1, 0.15) is 25.8 Å². The molecule has 1 aromatic carbocycles. The zero-order valence-corrected chi connectivity index (χ0v) is 10.5. The maximum Gasteiger partial charge on any atom is 0.304 e. The van der Waals surface area contributed by atoms with E-state index in [0.717, 1.165) is 6.07 Å². The number of aliphatic carboxylic acids is 1. The number of hydrogen-bond donors (Lipinski definition) is 1. The summed E-state index contributed by atoms with van der Waals surface area (Å²) >= 11 is 0. The van der Waals surface area contributed by atoms with Gasteiger partial charge in [0.25, 0.3) is 0 Å². The van der Waals surface area contributed by atoms with Crippen LogP contribution < -0.4 is 0 Å². The third-order valence-corrected chi connectivity index (χ3v) is 2.89.